The van der Waals surface area contributed by atoms with E-state index >= 15 is 0 Å². The smallest absolute Gasteiger partial charge is 0.254 e. The lowest BCUT2D eigenvalue weighted by Crippen LogP contribution is -2.39. The van der Waals surface area contributed by atoms with Gasteiger partial charge in [-0.15, -0.1) is 12.4 Å². The Hall–Kier alpha value is -1.06. The highest BCUT2D eigenvalue weighted by Gasteiger charge is 2.24. The van der Waals surface area contributed by atoms with Crippen LogP contribution in [0.1, 0.15) is 40.7 Å². The monoisotopic (exact) mass is 310 g/mol. The Morgan fingerprint density at radius 2 is 1.95 bits per heavy atom. The van der Waals surface area contributed by atoms with E-state index in [2.05, 4.69) is 11.4 Å². The molecule has 0 aliphatic carbocycles. The van der Waals surface area contributed by atoms with Crippen LogP contribution in [0.3, 0.4) is 0 Å². The molecular formula is C17H27ClN2O. The molecule has 0 saturated carbocycles. The fourth-order valence-electron chi connectivity index (χ4n) is 2.91. The summed E-state index contributed by atoms with van der Waals surface area (Å²) in [5, 5.41) is 3.21. The van der Waals surface area contributed by atoms with Crippen LogP contribution in [0.15, 0.2) is 18.2 Å². The number of carbonyl (C=O) groups is 1. The fourth-order valence-corrected chi connectivity index (χ4v) is 2.91. The number of hydrogen-bond acceptors (Lipinski definition) is 2. The normalized spacial score (nSPS) is 15.7. The maximum atomic E-state index is 12.6. The fraction of sp³-hybridized carbons (Fsp3) is 0.588. The SMILES string of the molecule is CNCCC1CCN(C(=O)c2cc(C)ccc2C)CC1.Cl. The Bertz CT molecular complexity index is 468. The van der Waals surface area contributed by atoms with Crippen LogP contribution in [0, 0.1) is 19.8 Å². The highest BCUT2D eigenvalue weighted by molar-refractivity contribution is 5.95. The van der Waals surface area contributed by atoms with Gasteiger partial charge in [-0.1, -0.05) is 17.7 Å². The van der Waals surface area contributed by atoms with Gasteiger partial charge in [-0.05, 0) is 64.3 Å². The van der Waals surface area contributed by atoms with E-state index in [0.717, 1.165) is 55.1 Å². The molecule has 4 heteroatoms. The van der Waals surface area contributed by atoms with Gasteiger partial charge in [-0.3, -0.25) is 4.79 Å². The number of halogens is 1. The van der Waals surface area contributed by atoms with Gasteiger partial charge in [0.05, 0.1) is 0 Å². The zero-order valence-electron chi connectivity index (χ0n) is 13.3. The van der Waals surface area contributed by atoms with Gasteiger partial charge in [0.25, 0.3) is 5.91 Å². The molecule has 1 saturated heterocycles. The maximum absolute atomic E-state index is 12.6. The van der Waals surface area contributed by atoms with Gasteiger partial charge in [-0.25, -0.2) is 0 Å². The molecule has 0 unspecified atom stereocenters. The molecule has 1 fully saturated rings. The van der Waals surface area contributed by atoms with E-state index in [-0.39, 0.29) is 18.3 Å². The molecule has 0 atom stereocenters. The van der Waals surface area contributed by atoms with E-state index in [1.165, 1.54) is 6.42 Å². The number of nitrogens with one attached hydrogen (secondary N) is 1. The summed E-state index contributed by atoms with van der Waals surface area (Å²) in [7, 11) is 2.00. The predicted molar refractivity (Wildman–Crippen MR) is 90.3 cm³/mol. The molecule has 1 N–H and O–H groups in total. The van der Waals surface area contributed by atoms with Crippen molar-refractivity contribution in [2.24, 2.45) is 5.92 Å². The van der Waals surface area contributed by atoms with Crippen molar-refractivity contribution >= 4 is 18.3 Å². The number of benzene rings is 1. The van der Waals surface area contributed by atoms with Crippen molar-refractivity contribution in [3.8, 4) is 0 Å². The minimum atomic E-state index is 0. The molecule has 3 nitrogen and oxygen atoms in total. The van der Waals surface area contributed by atoms with E-state index in [9.17, 15) is 4.79 Å². The molecule has 1 heterocycles. The van der Waals surface area contributed by atoms with Gasteiger partial charge in [0, 0.05) is 18.7 Å². The standard InChI is InChI=1S/C17H26N2O.ClH/c1-13-4-5-14(2)16(12-13)17(20)19-10-7-15(8-11-19)6-9-18-3;/h4-5,12,15,18H,6-11H2,1-3H3;1H. The Kier molecular flexibility index (Phi) is 7.20. The van der Waals surface area contributed by atoms with Crippen molar-refractivity contribution in [1.82, 2.24) is 10.2 Å². The lowest BCUT2D eigenvalue weighted by atomic mass is 9.93. The second kappa shape index (κ2) is 8.40. The van der Waals surface area contributed by atoms with E-state index in [1.54, 1.807) is 0 Å². The molecule has 1 amide bonds. The summed E-state index contributed by atoms with van der Waals surface area (Å²) >= 11 is 0. The second-order valence-corrected chi connectivity index (χ2v) is 5.95. The molecule has 2 rings (SSSR count). The summed E-state index contributed by atoms with van der Waals surface area (Å²) in [4.78, 5) is 14.6. The van der Waals surface area contributed by atoms with Gasteiger partial charge < -0.3 is 10.2 Å². The van der Waals surface area contributed by atoms with E-state index < -0.39 is 0 Å². The first-order valence-corrected chi connectivity index (χ1v) is 7.63. The highest BCUT2D eigenvalue weighted by Crippen LogP contribution is 2.22. The molecule has 21 heavy (non-hydrogen) atoms. The second-order valence-electron chi connectivity index (χ2n) is 5.95. The van der Waals surface area contributed by atoms with Crippen molar-refractivity contribution in [2.75, 3.05) is 26.7 Å². The third kappa shape index (κ3) is 4.72. The molecule has 0 bridgehead atoms. The minimum Gasteiger partial charge on any atom is -0.339 e. The lowest BCUT2D eigenvalue weighted by molar-refractivity contribution is 0.0686. The van der Waals surface area contributed by atoms with Gasteiger partial charge in [-0.2, -0.15) is 0 Å². The van der Waals surface area contributed by atoms with Gasteiger partial charge in [0.2, 0.25) is 0 Å². The van der Waals surface area contributed by atoms with Crippen LogP contribution in [0.4, 0.5) is 0 Å². The number of carbonyl (C=O) groups excluding carboxylic acids is 1. The number of rotatable bonds is 4. The topological polar surface area (TPSA) is 32.3 Å². The Morgan fingerprint density at radius 1 is 1.29 bits per heavy atom. The van der Waals surface area contributed by atoms with Crippen LogP contribution in [-0.2, 0) is 0 Å². The Morgan fingerprint density at radius 3 is 2.57 bits per heavy atom. The first kappa shape index (κ1) is 18.0. The summed E-state index contributed by atoms with van der Waals surface area (Å²) in [6, 6.07) is 6.13. The summed E-state index contributed by atoms with van der Waals surface area (Å²) in [5.74, 6) is 0.975. The van der Waals surface area contributed by atoms with Crippen LogP contribution in [-0.4, -0.2) is 37.5 Å². The molecule has 0 radical (unpaired) electrons. The van der Waals surface area contributed by atoms with Crippen LogP contribution >= 0.6 is 12.4 Å². The summed E-state index contributed by atoms with van der Waals surface area (Å²) in [6.07, 6.45) is 3.50. The quantitative estimate of drug-likeness (QED) is 0.926. The zero-order valence-corrected chi connectivity index (χ0v) is 14.1. The molecule has 1 aliphatic rings. The first-order valence-electron chi connectivity index (χ1n) is 7.63. The van der Waals surface area contributed by atoms with Crippen molar-refractivity contribution in [1.29, 1.82) is 0 Å². The van der Waals surface area contributed by atoms with E-state index in [4.69, 9.17) is 0 Å². The Balaban J connectivity index is 0.00000220. The minimum absolute atomic E-state index is 0. The molecule has 1 aromatic rings. The molecule has 0 aromatic heterocycles. The number of amides is 1. The average molecular weight is 311 g/mol. The zero-order chi connectivity index (χ0) is 14.5. The number of likely N-dealkylation sites (tertiary alicyclic amines) is 1. The van der Waals surface area contributed by atoms with Gasteiger partial charge in [0.15, 0.2) is 0 Å². The average Bonchev–Trinajstić information content (AvgIpc) is 2.47. The van der Waals surface area contributed by atoms with Crippen molar-refractivity contribution < 1.29 is 4.79 Å². The number of nitrogens with zero attached hydrogens (tertiary/aromatic N) is 1. The lowest BCUT2D eigenvalue weighted by Gasteiger charge is -2.32. The predicted octanol–water partition coefficient (Wildman–Crippen LogP) is 3.19. The number of aryl methyl sites for hydroxylation is 2. The molecule has 0 spiro atoms. The summed E-state index contributed by atoms with van der Waals surface area (Å²) < 4.78 is 0. The molecular weight excluding hydrogens is 284 g/mol. The molecule has 118 valence electrons. The molecule has 1 aromatic carbocycles. The van der Waals surface area contributed by atoms with Crippen LogP contribution in [0.25, 0.3) is 0 Å². The van der Waals surface area contributed by atoms with Crippen LogP contribution < -0.4 is 5.32 Å². The summed E-state index contributed by atoms with van der Waals surface area (Å²) in [5.41, 5.74) is 3.11. The van der Waals surface area contributed by atoms with Crippen molar-refractivity contribution in [3.63, 3.8) is 0 Å². The third-order valence-electron chi connectivity index (χ3n) is 4.33. The first-order chi connectivity index (χ1) is 9.61. The maximum Gasteiger partial charge on any atom is 0.254 e. The van der Waals surface area contributed by atoms with Crippen molar-refractivity contribution in [3.05, 3.63) is 34.9 Å². The van der Waals surface area contributed by atoms with E-state index in [0.29, 0.717) is 0 Å². The number of piperidine rings is 1. The highest BCUT2D eigenvalue weighted by atomic mass is 35.5. The Labute approximate surface area is 134 Å². The molecule has 1 aliphatic heterocycles. The number of hydrogen-bond donors (Lipinski definition) is 1. The van der Waals surface area contributed by atoms with Gasteiger partial charge >= 0.3 is 0 Å². The van der Waals surface area contributed by atoms with E-state index in [1.807, 2.05) is 37.9 Å². The largest absolute Gasteiger partial charge is 0.339 e. The third-order valence-corrected chi connectivity index (χ3v) is 4.33. The summed E-state index contributed by atoms with van der Waals surface area (Å²) in [6.45, 7) is 6.95. The van der Waals surface area contributed by atoms with Gasteiger partial charge in [0.1, 0.15) is 0 Å². The van der Waals surface area contributed by atoms with Crippen molar-refractivity contribution in [2.45, 2.75) is 33.1 Å². The van der Waals surface area contributed by atoms with Crippen LogP contribution in [0.5, 0.6) is 0 Å². The van der Waals surface area contributed by atoms with Crippen LogP contribution in [0.2, 0.25) is 0 Å².